The zero-order valence-electron chi connectivity index (χ0n) is 16.1. The molecular weight excluding hydrogens is 386 g/mol. The van der Waals surface area contributed by atoms with Crippen LogP contribution in [-0.2, 0) is 4.79 Å². The summed E-state index contributed by atoms with van der Waals surface area (Å²) in [7, 11) is 1.50. The maximum atomic E-state index is 12.6. The van der Waals surface area contributed by atoms with Gasteiger partial charge < -0.3 is 10.1 Å². The fourth-order valence-electron chi connectivity index (χ4n) is 3.14. The van der Waals surface area contributed by atoms with Gasteiger partial charge in [-0.1, -0.05) is 72.3 Å². The summed E-state index contributed by atoms with van der Waals surface area (Å²) in [5.41, 5.74) is 2.35. The lowest BCUT2D eigenvalue weighted by atomic mass is 9.98. The molecule has 29 heavy (non-hydrogen) atoms. The van der Waals surface area contributed by atoms with Crippen LogP contribution in [0.4, 0.5) is 0 Å². The Hall–Kier alpha value is -3.11. The number of benzene rings is 3. The number of Topliss-reactive ketones (excluding diaryl/α,β-unsaturated/α-hetero) is 1. The Morgan fingerprint density at radius 3 is 2.03 bits per heavy atom. The second-order valence-corrected chi connectivity index (χ2v) is 7.03. The van der Waals surface area contributed by atoms with Crippen molar-refractivity contribution < 1.29 is 14.3 Å². The van der Waals surface area contributed by atoms with Gasteiger partial charge in [-0.15, -0.1) is 0 Å². The number of rotatable bonds is 8. The zero-order valence-corrected chi connectivity index (χ0v) is 16.9. The minimum absolute atomic E-state index is 0.0683. The van der Waals surface area contributed by atoms with E-state index in [9.17, 15) is 9.59 Å². The Morgan fingerprint density at radius 1 is 0.897 bits per heavy atom. The van der Waals surface area contributed by atoms with E-state index in [2.05, 4.69) is 5.32 Å². The second kappa shape index (κ2) is 9.89. The predicted molar refractivity (Wildman–Crippen MR) is 114 cm³/mol. The molecule has 3 rings (SSSR count). The maximum Gasteiger partial charge on any atom is 0.221 e. The summed E-state index contributed by atoms with van der Waals surface area (Å²) < 4.78 is 5.23. The molecule has 1 amide bonds. The van der Waals surface area contributed by atoms with Crippen LogP contribution >= 0.6 is 11.6 Å². The molecule has 1 N–H and O–H groups in total. The van der Waals surface area contributed by atoms with E-state index >= 15 is 0 Å². The Balaban J connectivity index is 1.70. The quantitative estimate of drug-likeness (QED) is 0.521. The Kier molecular flexibility index (Phi) is 7.04. The molecule has 0 saturated heterocycles. The van der Waals surface area contributed by atoms with Crippen LogP contribution in [0, 0.1) is 0 Å². The number of ketones is 1. The Morgan fingerprint density at radius 2 is 1.48 bits per heavy atom. The van der Waals surface area contributed by atoms with E-state index < -0.39 is 0 Å². The number of carbonyl (C=O) groups is 2. The number of carbonyl (C=O) groups excluding carboxylic acids is 2. The summed E-state index contributed by atoms with van der Waals surface area (Å²) in [5, 5.41) is 3.50. The molecule has 0 saturated carbocycles. The summed E-state index contributed by atoms with van der Waals surface area (Å²) in [6.45, 7) is 0. The third-order valence-electron chi connectivity index (χ3n) is 4.61. The molecule has 0 aliphatic carbocycles. The molecule has 148 valence electrons. The van der Waals surface area contributed by atoms with Crippen LogP contribution < -0.4 is 10.1 Å². The monoisotopic (exact) mass is 407 g/mol. The molecule has 0 atom stereocenters. The summed E-state index contributed by atoms with van der Waals surface area (Å²) >= 11 is 6.00. The van der Waals surface area contributed by atoms with E-state index in [0.717, 1.165) is 11.1 Å². The van der Waals surface area contributed by atoms with E-state index in [1.54, 1.807) is 18.2 Å². The third kappa shape index (κ3) is 5.46. The van der Waals surface area contributed by atoms with Gasteiger partial charge in [0, 0.05) is 17.9 Å². The number of halogens is 1. The summed E-state index contributed by atoms with van der Waals surface area (Å²) in [4.78, 5) is 25.2. The average molecular weight is 408 g/mol. The first-order valence-corrected chi connectivity index (χ1v) is 9.72. The van der Waals surface area contributed by atoms with Crippen LogP contribution in [0.1, 0.15) is 40.4 Å². The van der Waals surface area contributed by atoms with E-state index in [1.165, 1.54) is 7.11 Å². The minimum atomic E-state index is -0.277. The van der Waals surface area contributed by atoms with Gasteiger partial charge in [0.2, 0.25) is 5.91 Å². The Labute approximate surface area is 175 Å². The summed E-state index contributed by atoms with van der Waals surface area (Å²) in [6, 6.07) is 24.1. The Bertz CT molecular complexity index is 934. The van der Waals surface area contributed by atoms with Crippen LogP contribution in [0.25, 0.3) is 0 Å². The molecule has 0 unspecified atom stereocenters. The van der Waals surface area contributed by atoms with Crippen molar-refractivity contribution in [3.8, 4) is 5.75 Å². The normalized spacial score (nSPS) is 10.6. The van der Waals surface area contributed by atoms with Crippen LogP contribution in [0.3, 0.4) is 0 Å². The highest BCUT2D eigenvalue weighted by Crippen LogP contribution is 2.25. The number of hydrogen-bond donors (Lipinski definition) is 1. The number of amides is 1. The van der Waals surface area contributed by atoms with Crippen LogP contribution in [0.5, 0.6) is 5.75 Å². The van der Waals surface area contributed by atoms with Crippen molar-refractivity contribution in [2.24, 2.45) is 0 Å². The molecule has 0 fully saturated rings. The highest BCUT2D eigenvalue weighted by atomic mass is 35.5. The predicted octanol–water partition coefficient (Wildman–Crippen LogP) is 5.22. The fourth-order valence-corrected chi connectivity index (χ4v) is 3.32. The van der Waals surface area contributed by atoms with Gasteiger partial charge in [-0.3, -0.25) is 9.59 Å². The standard InChI is InChI=1S/C24H22ClNO3/c1-29-22-14-12-19(25)16-20(22)21(27)13-15-23(28)26-24(17-8-4-2-5-9-17)18-10-6-3-7-11-18/h2-12,14,16,24H,13,15H2,1H3,(H,26,28). The molecular formula is C24H22ClNO3. The minimum Gasteiger partial charge on any atom is -0.496 e. The van der Waals surface area contributed by atoms with E-state index in [0.29, 0.717) is 16.3 Å². The molecule has 0 aromatic heterocycles. The average Bonchev–Trinajstić information content (AvgIpc) is 2.77. The van der Waals surface area contributed by atoms with Gasteiger partial charge in [-0.2, -0.15) is 0 Å². The summed E-state index contributed by atoms with van der Waals surface area (Å²) in [5.74, 6) is 0.0683. The van der Waals surface area contributed by atoms with Crippen LogP contribution in [0.2, 0.25) is 5.02 Å². The van der Waals surface area contributed by atoms with Gasteiger partial charge >= 0.3 is 0 Å². The van der Waals surface area contributed by atoms with Crippen LogP contribution in [0.15, 0.2) is 78.9 Å². The maximum absolute atomic E-state index is 12.6. The topological polar surface area (TPSA) is 55.4 Å². The molecule has 0 spiro atoms. The van der Waals surface area contributed by atoms with E-state index in [-0.39, 0.29) is 30.6 Å². The fraction of sp³-hybridized carbons (Fsp3) is 0.167. The van der Waals surface area contributed by atoms with Gasteiger partial charge in [0.15, 0.2) is 5.78 Å². The smallest absolute Gasteiger partial charge is 0.221 e. The molecule has 0 aliphatic heterocycles. The van der Waals surface area contributed by atoms with E-state index in [1.807, 2.05) is 60.7 Å². The number of ether oxygens (including phenoxy) is 1. The molecule has 0 heterocycles. The number of methoxy groups -OCH3 is 1. The van der Waals surface area contributed by atoms with Gasteiger partial charge in [-0.25, -0.2) is 0 Å². The SMILES string of the molecule is COc1ccc(Cl)cc1C(=O)CCC(=O)NC(c1ccccc1)c1ccccc1. The van der Waals surface area contributed by atoms with Gasteiger partial charge in [0.25, 0.3) is 0 Å². The van der Waals surface area contributed by atoms with Crippen molar-refractivity contribution in [1.29, 1.82) is 0 Å². The highest BCUT2D eigenvalue weighted by molar-refractivity contribution is 6.31. The third-order valence-corrected chi connectivity index (χ3v) is 4.85. The van der Waals surface area contributed by atoms with Crippen molar-refractivity contribution in [3.63, 3.8) is 0 Å². The first-order valence-electron chi connectivity index (χ1n) is 9.34. The lowest BCUT2D eigenvalue weighted by Crippen LogP contribution is -2.29. The van der Waals surface area contributed by atoms with E-state index in [4.69, 9.17) is 16.3 Å². The molecule has 0 radical (unpaired) electrons. The number of hydrogen-bond acceptors (Lipinski definition) is 3. The van der Waals surface area contributed by atoms with Crippen molar-refractivity contribution in [2.75, 3.05) is 7.11 Å². The largest absolute Gasteiger partial charge is 0.496 e. The van der Waals surface area contributed by atoms with Gasteiger partial charge in [0.1, 0.15) is 5.75 Å². The molecule has 4 nitrogen and oxygen atoms in total. The highest BCUT2D eigenvalue weighted by Gasteiger charge is 2.19. The van der Waals surface area contributed by atoms with Gasteiger partial charge in [0.05, 0.1) is 18.7 Å². The van der Waals surface area contributed by atoms with Crippen molar-refractivity contribution in [3.05, 3.63) is 101 Å². The molecule has 3 aromatic carbocycles. The molecule has 0 bridgehead atoms. The first kappa shape index (κ1) is 20.6. The first-order chi connectivity index (χ1) is 14.1. The van der Waals surface area contributed by atoms with Crippen molar-refractivity contribution in [1.82, 2.24) is 5.32 Å². The lowest BCUT2D eigenvalue weighted by molar-refractivity contribution is -0.121. The number of nitrogens with one attached hydrogen (secondary N) is 1. The molecule has 3 aromatic rings. The lowest BCUT2D eigenvalue weighted by Gasteiger charge is -2.20. The zero-order chi connectivity index (χ0) is 20.6. The van der Waals surface area contributed by atoms with Crippen molar-refractivity contribution in [2.45, 2.75) is 18.9 Å². The van der Waals surface area contributed by atoms with Crippen molar-refractivity contribution >= 4 is 23.3 Å². The second-order valence-electron chi connectivity index (χ2n) is 6.59. The molecule has 5 heteroatoms. The van der Waals surface area contributed by atoms with Gasteiger partial charge in [-0.05, 0) is 29.3 Å². The summed E-state index contributed by atoms with van der Waals surface area (Å²) in [6.07, 6.45) is 0.142. The van der Waals surface area contributed by atoms with Crippen LogP contribution in [-0.4, -0.2) is 18.8 Å². The molecule has 0 aliphatic rings.